The number of hydrogen-bond acceptors (Lipinski definition) is 4. The van der Waals surface area contributed by atoms with E-state index in [1.54, 1.807) is 13.2 Å². The summed E-state index contributed by atoms with van der Waals surface area (Å²) < 4.78 is 10.8. The van der Waals surface area contributed by atoms with Gasteiger partial charge >= 0.3 is 0 Å². The summed E-state index contributed by atoms with van der Waals surface area (Å²) in [5.74, 6) is 1.22. The number of methoxy groups -OCH3 is 1. The zero-order chi connectivity index (χ0) is 18.8. The van der Waals surface area contributed by atoms with E-state index in [1.165, 1.54) is 5.56 Å². The Labute approximate surface area is 159 Å². The van der Waals surface area contributed by atoms with Gasteiger partial charge in [0.1, 0.15) is 6.61 Å². The first-order chi connectivity index (χ1) is 12.6. The molecule has 2 aromatic carbocycles. The molecule has 1 amide bonds. The average Bonchev–Trinajstić information content (AvgIpc) is 2.65. The molecule has 0 aliphatic rings. The van der Waals surface area contributed by atoms with E-state index >= 15 is 0 Å². The number of carbonyl (C=O) groups is 1. The molecule has 2 aromatic rings. The van der Waals surface area contributed by atoms with Gasteiger partial charge in [-0.1, -0.05) is 29.8 Å². The smallest absolute Gasteiger partial charge is 0.224 e. The Morgan fingerprint density at radius 1 is 1.12 bits per heavy atom. The Morgan fingerprint density at radius 2 is 1.85 bits per heavy atom. The average molecular weight is 377 g/mol. The van der Waals surface area contributed by atoms with E-state index in [0.717, 1.165) is 23.4 Å². The molecule has 3 N–H and O–H groups in total. The highest BCUT2D eigenvalue weighted by Gasteiger charge is 2.09. The lowest BCUT2D eigenvalue weighted by atomic mass is 10.1. The van der Waals surface area contributed by atoms with Gasteiger partial charge in [-0.15, -0.1) is 0 Å². The molecule has 5 nitrogen and oxygen atoms in total. The van der Waals surface area contributed by atoms with Gasteiger partial charge in [0, 0.05) is 18.1 Å². The second-order valence-corrected chi connectivity index (χ2v) is 6.32. The number of nitrogens with two attached hydrogens (primary N) is 1. The minimum absolute atomic E-state index is 0.0150. The van der Waals surface area contributed by atoms with Crippen molar-refractivity contribution in [3.05, 3.63) is 58.6 Å². The summed E-state index contributed by atoms with van der Waals surface area (Å²) in [5.41, 5.74) is 7.52. The first-order valence-corrected chi connectivity index (χ1v) is 9.01. The Kier molecular flexibility index (Phi) is 8.25. The minimum atomic E-state index is -0.0150. The minimum Gasteiger partial charge on any atom is -0.493 e. The second-order valence-electron chi connectivity index (χ2n) is 5.88. The number of aryl methyl sites for hydroxylation is 1. The van der Waals surface area contributed by atoms with Crippen LogP contribution in [-0.2, 0) is 17.6 Å². The van der Waals surface area contributed by atoms with Crippen molar-refractivity contribution >= 4 is 17.5 Å². The van der Waals surface area contributed by atoms with Crippen molar-refractivity contribution in [1.29, 1.82) is 0 Å². The number of amides is 1. The van der Waals surface area contributed by atoms with Gasteiger partial charge in [0.05, 0.1) is 13.5 Å². The molecule has 0 radical (unpaired) electrons. The summed E-state index contributed by atoms with van der Waals surface area (Å²) in [5, 5.41) is 3.68. The predicted octanol–water partition coefficient (Wildman–Crippen LogP) is 2.98. The van der Waals surface area contributed by atoms with Crippen LogP contribution in [0.5, 0.6) is 11.5 Å². The van der Waals surface area contributed by atoms with Crippen LogP contribution in [0, 0.1) is 0 Å². The fraction of sp³-hybridized carbons (Fsp3) is 0.350. The van der Waals surface area contributed by atoms with Crippen LogP contribution in [0.1, 0.15) is 17.5 Å². The van der Waals surface area contributed by atoms with Gasteiger partial charge in [0.2, 0.25) is 5.91 Å². The molecule has 0 aromatic heterocycles. The predicted molar refractivity (Wildman–Crippen MR) is 104 cm³/mol. The SMILES string of the molecule is COc1cc(CC(=O)NCCCc2ccc(Cl)cc2)ccc1OCCN. The normalized spacial score (nSPS) is 10.4. The molecule has 0 aliphatic heterocycles. The van der Waals surface area contributed by atoms with Gasteiger partial charge < -0.3 is 20.5 Å². The van der Waals surface area contributed by atoms with E-state index in [2.05, 4.69) is 5.32 Å². The van der Waals surface area contributed by atoms with Crippen LogP contribution in [0.3, 0.4) is 0 Å². The standard InChI is InChI=1S/C20H25ClN2O3/c1-25-19-13-16(6-9-18(19)26-12-10-22)14-20(24)23-11-2-3-15-4-7-17(21)8-5-15/h4-9,13H,2-3,10-12,14,22H2,1H3,(H,23,24). The van der Waals surface area contributed by atoms with Crippen LogP contribution in [-0.4, -0.2) is 32.7 Å². The van der Waals surface area contributed by atoms with Crippen molar-refractivity contribution in [2.45, 2.75) is 19.3 Å². The molecule has 2 rings (SSSR count). The molecule has 0 bridgehead atoms. The largest absolute Gasteiger partial charge is 0.493 e. The number of nitrogens with one attached hydrogen (secondary N) is 1. The van der Waals surface area contributed by atoms with Gasteiger partial charge in [-0.05, 0) is 48.2 Å². The summed E-state index contributed by atoms with van der Waals surface area (Å²) in [6, 6.07) is 13.3. The zero-order valence-corrected chi connectivity index (χ0v) is 15.7. The van der Waals surface area contributed by atoms with Crippen molar-refractivity contribution in [2.75, 3.05) is 26.8 Å². The molecule has 0 saturated heterocycles. The van der Waals surface area contributed by atoms with Crippen LogP contribution < -0.4 is 20.5 Å². The number of ether oxygens (including phenoxy) is 2. The maximum atomic E-state index is 12.1. The topological polar surface area (TPSA) is 73.6 Å². The number of rotatable bonds is 10. The number of hydrogen-bond donors (Lipinski definition) is 2. The van der Waals surface area contributed by atoms with Crippen molar-refractivity contribution < 1.29 is 14.3 Å². The summed E-state index contributed by atoms with van der Waals surface area (Å²) in [6.07, 6.45) is 2.08. The lowest BCUT2D eigenvalue weighted by molar-refractivity contribution is -0.120. The van der Waals surface area contributed by atoms with E-state index in [9.17, 15) is 4.79 Å². The van der Waals surface area contributed by atoms with Crippen molar-refractivity contribution in [2.24, 2.45) is 5.73 Å². The molecule has 0 heterocycles. The molecule has 140 valence electrons. The Morgan fingerprint density at radius 3 is 2.54 bits per heavy atom. The van der Waals surface area contributed by atoms with Crippen molar-refractivity contribution in [3.8, 4) is 11.5 Å². The van der Waals surface area contributed by atoms with E-state index in [-0.39, 0.29) is 5.91 Å². The fourth-order valence-electron chi connectivity index (χ4n) is 2.53. The molecule has 6 heteroatoms. The van der Waals surface area contributed by atoms with Gasteiger partial charge in [-0.25, -0.2) is 0 Å². The van der Waals surface area contributed by atoms with Crippen LogP contribution in [0.15, 0.2) is 42.5 Å². The Bertz CT molecular complexity index is 705. The third kappa shape index (κ3) is 6.58. The first kappa shape index (κ1) is 20.1. The maximum Gasteiger partial charge on any atom is 0.224 e. The number of benzene rings is 2. The van der Waals surface area contributed by atoms with E-state index in [4.69, 9.17) is 26.8 Å². The molecule has 0 saturated carbocycles. The van der Waals surface area contributed by atoms with E-state index in [1.807, 2.05) is 36.4 Å². The lowest BCUT2D eigenvalue weighted by Crippen LogP contribution is -2.26. The summed E-state index contributed by atoms with van der Waals surface area (Å²) in [4.78, 5) is 12.1. The molecule has 0 spiro atoms. The molecular formula is C20H25ClN2O3. The Hall–Kier alpha value is -2.24. The maximum absolute atomic E-state index is 12.1. The Balaban J connectivity index is 1.77. The van der Waals surface area contributed by atoms with E-state index in [0.29, 0.717) is 37.6 Å². The molecule has 26 heavy (non-hydrogen) atoms. The summed E-state index contributed by atoms with van der Waals surface area (Å²) in [6.45, 7) is 1.49. The fourth-order valence-corrected chi connectivity index (χ4v) is 2.66. The van der Waals surface area contributed by atoms with E-state index < -0.39 is 0 Å². The molecular weight excluding hydrogens is 352 g/mol. The zero-order valence-electron chi connectivity index (χ0n) is 15.0. The molecule has 0 atom stereocenters. The molecule has 0 fully saturated rings. The van der Waals surface area contributed by atoms with Gasteiger partial charge in [0.25, 0.3) is 0 Å². The van der Waals surface area contributed by atoms with Crippen LogP contribution in [0.2, 0.25) is 5.02 Å². The summed E-state index contributed by atoms with van der Waals surface area (Å²) >= 11 is 5.87. The number of halogens is 1. The lowest BCUT2D eigenvalue weighted by Gasteiger charge is -2.12. The summed E-state index contributed by atoms with van der Waals surface area (Å²) in [7, 11) is 1.57. The van der Waals surface area contributed by atoms with Crippen LogP contribution >= 0.6 is 11.6 Å². The monoisotopic (exact) mass is 376 g/mol. The molecule has 0 aliphatic carbocycles. The highest BCUT2D eigenvalue weighted by atomic mass is 35.5. The number of carbonyl (C=O) groups excluding carboxylic acids is 1. The molecule has 0 unspecified atom stereocenters. The third-order valence-corrected chi connectivity index (χ3v) is 4.10. The van der Waals surface area contributed by atoms with Crippen molar-refractivity contribution in [3.63, 3.8) is 0 Å². The third-order valence-electron chi connectivity index (χ3n) is 3.85. The quantitative estimate of drug-likeness (QED) is 0.625. The second kappa shape index (κ2) is 10.7. The highest BCUT2D eigenvalue weighted by Crippen LogP contribution is 2.28. The highest BCUT2D eigenvalue weighted by molar-refractivity contribution is 6.30. The van der Waals surface area contributed by atoms with Gasteiger partial charge in [0.15, 0.2) is 11.5 Å². The van der Waals surface area contributed by atoms with Gasteiger partial charge in [-0.3, -0.25) is 4.79 Å². The van der Waals surface area contributed by atoms with Crippen LogP contribution in [0.4, 0.5) is 0 Å². The van der Waals surface area contributed by atoms with Crippen LogP contribution in [0.25, 0.3) is 0 Å². The van der Waals surface area contributed by atoms with Gasteiger partial charge in [-0.2, -0.15) is 0 Å². The first-order valence-electron chi connectivity index (χ1n) is 8.63. The van der Waals surface area contributed by atoms with Crippen molar-refractivity contribution in [1.82, 2.24) is 5.32 Å².